The van der Waals surface area contributed by atoms with Gasteiger partial charge in [-0.1, -0.05) is 19.9 Å². The summed E-state index contributed by atoms with van der Waals surface area (Å²) in [6.45, 7) is 6.66. The Bertz CT molecular complexity index is 551. The van der Waals surface area contributed by atoms with Gasteiger partial charge in [-0.25, -0.2) is 4.98 Å². The Labute approximate surface area is 115 Å². The number of rotatable bonds is 5. The van der Waals surface area contributed by atoms with Crippen molar-refractivity contribution in [3.05, 3.63) is 30.5 Å². The monoisotopic (exact) mass is 258 g/mol. The summed E-state index contributed by atoms with van der Waals surface area (Å²) >= 11 is 0. The normalized spacial score (nSPS) is 12.7. The Morgan fingerprint density at radius 3 is 2.68 bits per heavy atom. The molecule has 19 heavy (non-hydrogen) atoms. The van der Waals surface area contributed by atoms with E-state index in [1.54, 1.807) is 7.11 Å². The molecule has 0 spiro atoms. The molecule has 3 nitrogen and oxygen atoms in total. The lowest BCUT2D eigenvalue weighted by Gasteiger charge is -2.18. The molecule has 0 saturated carbocycles. The van der Waals surface area contributed by atoms with Crippen LogP contribution >= 0.6 is 0 Å². The number of nitrogens with one attached hydrogen (secondary N) is 1. The first-order chi connectivity index (χ1) is 9.10. The van der Waals surface area contributed by atoms with Crippen LogP contribution < -0.4 is 10.1 Å². The summed E-state index contributed by atoms with van der Waals surface area (Å²) in [6, 6.07) is 8.50. The molecule has 0 aliphatic rings. The van der Waals surface area contributed by atoms with E-state index >= 15 is 0 Å². The molecule has 1 atom stereocenters. The SMILES string of the molecule is COc1ccc2ccnc(NC(C)CC(C)C)c2c1. The van der Waals surface area contributed by atoms with Crippen LogP contribution in [0.3, 0.4) is 0 Å². The molecule has 0 radical (unpaired) electrons. The molecule has 3 heteroatoms. The molecule has 1 aromatic carbocycles. The van der Waals surface area contributed by atoms with Crippen molar-refractivity contribution < 1.29 is 4.74 Å². The number of hydrogen-bond acceptors (Lipinski definition) is 3. The van der Waals surface area contributed by atoms with E-state index in [0.29, 0.717) is 12.0 Å². The molecule has 2 rings (SSSR count). The second kappa shape index (κ2) is 5.91. The second-order valence-corrected chi connectivity index (χ2v) is 5.42. The third kappa shape index (κ3) is 3.37. The number of ether oxygens (including phenoxy) is 1. The van der Waals surface area contributed by atoms with Gasteiger partial charge >= 0.3 is 0 Å². The average Bonchev–Trinajstić information content (AvgIpc) is 2.37. The summed E-state index contributed by atoms with van der Waals surface area (Å²) in [4.78, 5) is 4.46. The van der Waals surface area contributed by atoms with Gasteiger partial charge in [-0.15, -0.1) is 0 Å². The number of aromatic nitrogens is 1. The van der Waals surface area contributed by atoms with Crippen molar-refractivity contribution in [3.63, 3.8) is 0 Å². The van der Waals surface area contributed by atoms with Crippen molar-refractivity contribution in [1.82, 2.24) is 4.98 Å². The maximum absolute atomic E-state index is 5.29. The van der Waals surface area contributed by atoms with Crippen LogP contribution in [0.2, 0.25) is 0 Å². The predicted molar refractivity (Wildman–Crippen MR) is 80.8 cm³/mol. The minimum absolute atomic E-state index is 0.407. The van der Waals surface area contributed by atoms with Crippen molar-refractivity contribution in [3.8, 4) is 5.75 Å². The standard InChI is InChI=1S/C16H22N2O/c1-11(2)9-12(3)18-16-15-10-14(19-4)6-5-13(15)7-8-17-16/h5-8,10-12H,9H2,1-4H3,(H,17,18). The van der Waals surface area contributed by atoms with Crippen LogP contribution in [0.15, 0.2) is 30.5 Å². The number of methoxy groups -OCH3 is 1. The van der Waals surface area contributed by atoms with Gasteiger partial charge in [0.1, 0.15) is 11.6 Å². The zero-order valence-corrected chi connectivity index (χ0v) is 12.1. The van der Waals surface area contributed by atoms with Crippen molar-refractivity contribution in [2.75, 3.05) is 12.4 Å². The van der Waals surface area contributed by atoms with Gasteiger partial charge in [0.05, 0.1) is 7.11 Å². The highest BCUT2D eigenvalue weighted by molar-refractivity contribution is 5.92. The zero-order valence-electron chi connectivity index (χ0n) is 12.1. The Morgan fingerprint density at radius 2 is 2.00 bits per heavy atom. The fourth-order valence-corrected chi connectivity index (χ4v) is 2.39. The maximum atomic E-state index is 5.29. The number of benzene rings is 1. The Morgan fingerprint density at radius 1 is 1.21 bits per heavy atom. The highest BCUT2D eigenvalue weighted by atomic mass is 16.5. The van der Waals surface area contributed by atoms with E-state index in [4.69, 9.17) is 4.74 Å². The minimum Gasteiger partial charge on any atom is -0.497 e. The zero-order chi connectivity index (χ0) is 13.8. The molecule has 2 aromatic rings. The van der Waals surface area contributed by atoms with Crippen LogP contribution in [0, 0.1) is 5.92 Å². The van der Waals surface area contributed by atoms with Gasteiger partial charge in [0.15, 0.2) is 0 Å². The smallest absolute Gasteiger partial charge is 0.134 e. The van der Waals surface area contributed by atoms with E-state index in [9.17, 15) is 0 Å². The summed E-state index contributed by atoms with van der Waals surface area (Å²) < 4.78 is 5.29. The first-order valence-corrected chi connectivity index (χ1v) is 6.79. The number of anilines is 1. The molecular weight excluding hydrogens is 236 g/mol. The molecule has 0 aliphatic heterocycles. The van der Waals surface area contributed by atoms with Gasteiger partial charge in [-0.05, 0) is 42.8 Å². The third-order valence-corrected chi connectivity index (χ3v) is 3.18. The summed E-state index contributed by atoms with van der Waals surface area (Å²) in [6.07, 6.45) is 2.97. The van der Waals surface area contributed by atoms with Crippen LogP contribution in [0.5, 0.6) is 5.75 Å². The highest BCUT2D eigenvalue weighted by Crippen LogP contribution is 2.26. The molecule has 0 bridgehead atoms. The van der Waals surface area contributed by atoms with Crippen molar-refractivity contribution in [2.24, 2.45) is 5.92 Å². The van der Waals surface area contributed by atoms with Gasteiger partial charge in [0, 0.05) is 17.6 Å². The van der Waals surface area contributed by atoms with E-state index in [-0.39, 0.29) is 0 Å². The minimum atomic E-state index is 0.407. The Balaban J connectivity index is 2.31. The number of nitrogens with zero attached hydrogens (tertiary/aromatic N) is 1. The molecule has 0 aliphatic carbocycles. The lowest BCUT2D eigenvalue weighted by atomic mass is 10.0. The molecule has 0 amide bonds. The average molecular weight is 258 g/mol. The first kappa shape index (κ1) is 13.7. The van der Waals surface area contributed by atoms with E-state index in [1.807, 2.05) is 24.4 Å². The summed E-state index contributed by atoms with van der Waals surface area (Å²) in [5.41, 5.74) is 0. The van der Waals surface area contributed by atoms with Gasteiger partial charge in [-0.2, -0.15) is 0 Å². The van der Waals surface area contributed by atoms with E-state index < -0.39 is 0 Å². The highest BCUT2D eigenvalue weighted by Gasteiger charge is 2.09. The van der Waals surface area contributed by atoms with E-state index in [0.717, 1.165) is 23.4 Å². The largest absolute Gasteiger partial charge is 0.497 e. The lowest BCUT2D eigenvalue weighted by Crippen LogP contribution is -2.18. The second-order valence-electron chi connectivity index (χ2n) is 5.42. The molecule has 0 fully saturated rings. The molecule has 102 valence electrons. The molecule has 1 heterocycles. The van der Waals surface area contributed by atoms with Crippen molar-refractivity contribution in [1.29, 1.82) is 0 Å². The van der Waals surface area contributed by atoms with Crippen LogP contribution in [0.25, 0.3) is 10.8 Å². The summed E-state index contributed by atoms with van der Waals surface area (Å²) in [5.74, 6) is 2.47. The summed E-state index contributed by atoms with van der Waals surface area (Å²) in [5, 5.41) is 5.79. The van der Waals surface area contributed by atoms with Gasteiger partial charge in [-0.3, -0.25) is 0 Å². The van der Waals surface area contributed by atoms with Crippen LogP contribution in [-0.4, -0.2) is 18.1 Å². The molecular formula is C16H22N2O. The van der Waals surface area contributed by atoms with E-state index in [2.05, 4.69) is 37.1 Å². The fraction of sp³-hybridized carbons (Fsp3) is 0.438. The van der Waals surface area contributed by atoms with Crippen LogP contribution in [-0.2, 0) is 0 Å². The van der Waals surface area contributed by atoms with Crippen molar-refractivity contribution >= 4 is 16.6 Å². The number of fused-ring (bicyclic) bond motifs is 1. The van der Waals surface area contributed by atoms with Gasteiger partial charge in [0.25, 0.3) is 0 Å². The molecule has 1 aromatic heterocycles. The number of hydrogen-bond donors (Lipinski definition) is 1. The van der Waals surface area contributed by atoms with Gasteiger partial charge in [0.2, 0.25) is 0 Å². The van der Waals surface area contributed by atoms with Crippen LogP contribution in [0.4, 0.5) is 5.82 Å². The van der Waals surface area contributed by atoms with E-state index in [1.165, 1.54) is 5.39 Å². The first-order valence-electron chi connectivity index (χ1n) is 6.79. The van der Waals surface area contributed by atoms with Gasteiger partial charge < -0.3 is 10.1 Å². The van der Waals surface area contributed by atoms with Crippen LogP contribution in [0.1, 0.15) is 27.2 Å². The fourth-order valence-electron chi connectivity index (χ4n) is 2.39. The quantitative estimate of drug-likeness (QED) is 0.877. The molecule has 1 unspecified atom stereocenters. The maximum Gasteiger partial charge on any atom is 0.134 e. The number of pyridine rings is 1. The molecule has 1 N–H and O–H groups in total. The Hall–Kier alpha value is -1.77. The Kier molecular flexibility index (Phi) is 4.25. The molecule has 0 saturated heterocycles. The third-order valence-electron chi connectivity index (χ3n) is 3.18. The van der Waals surface area contributed by atoms with Crippen molar-refractivity contribution in [2.45, 2.75) is 33.2 Å². The summed E-state index contributed by atoms with van der Waals surface area (Å²) in [7, 11) is 1.69. The topological polar surface area (TPSA) is 34.1 Å². The predicted octanol–water partition coefficient (Wildman–Crippen LogP) is 4.09. The lowest BCUT2D eigenvalue weighted by molar-refractivity contribution is 0.415.